The van der Waals surface area contributed by atoms with Gasteiger partial charge in [0.05, 0.1) is 12.2 Å². The average molecular weight is 249 g/mol. The monoisotopic (exact) mass is 249 g/mol. The summed E-state index contributed by atoms with van der Waals surface area (Å²) in [5.41, 5.74) is 0.899. The van der Waals surface area contributed by atoms with Crippen molar-refractivity contribution < 1.29 is 9.90 Å². The molecule has 0 aromatic carbocycles. The van der Waals surface area contributed by atoms with Gasteiger partial charge in [-0.1, -0.05) is 12.8 Å². The number of aromatic nitrogens is 2. The van der Waals surface area contributed by atoms with Gasteiger partial charge in [0.15, 0.2) is 0 Å². The zero-order chi connectivity index (χ0) is 13.0. The molecule has 1 fully saturated rings. The molecule has 0 saturated heterocycles. The maximum atomic E-state index is 10.9. The lowest BCUT2D eigenvalue weighted by Crippen LogP contribution is -2.37. The number of aliphatic carboxylic acids is 1. The molecule has 1 aromatic heterocycles. The SMILES string of the molecule is Cc1nccc(CN(CC(=O)O)C2CCCC2)n1. The molecule has 0 aliphatic heterocycles. The van der Waals surface area contributed by atoms with Crippen molar-refractivity contribution in [1.82, 2.24) is 14.9 Å². The molecule has 2 rings (SSSR count). The van der Waals surface area contributed by atoms with Crippen LogP contribution in [0.25, 0.3) is 0 Å². The molecule has 98 valence electrons. The third-order valence-electron chi connectivity index (χ3n) is 3.38. The van der Waals surface area contributed by atoms with Crippen molar-refractivity contribution in [2.24, 2.45) is 0 Å². The molecule has 0 amide bonds. The maximum absolute atomic E-state index is 10.9. The molecule has 1 aliphatic rings. The molecule has 5 heteroatoms. The van der Waals surface area contributed by atoms with E-state index >= 15 is 0 Å². The third-order valence-corrected chi connectivity index (χ3v) is 3.38. The number of hydrogen-bond donors (Lipinski definition) is 1. The number of rotatable bonds is 5. The molecule has 0 radical (unpaired) electrons. The summed E-state index contributed by atoms with van der Waals surface area (Å²) in [6, 6.07) is 2.24. The Morgan fingerprint density at radius 2 is 2.22 bits per heavy atom. The second-order valence-electron chi connectivity index (χ2n) is 4.83. The molecule has 0 atom stereocenters. The first kappa shape index (κ1) is 13.0. The first-order valence-electron chi connectivity index (χ1n) is 6.39. The van der Waals surface area contributed by atoms with Gasteiger partial charge < -0.3 is 5.11 Å². The minimum absolute atomic E-state index is 0.0910. The van der Waals surface area contributed by atoms with Gasteiger partial charge in [-0.15, -0.1) is 0 Å². The molecular weight excluding hydrogens is 230 g/mol. The number of hydrogen-bond acceptors (Lipinski definition) is 4. The van der Waals surface area contributed by atoms with Crippen molar-refractivity contribution in [3.8, 4) is 0 Å². The highest BCUT2D eigenvalue weighted by molar-refractivity contribution is 5.69. The molecular formula is C13H19N3O2. The standard InChI is InChI=1S/C13H19N3O2/c1-10-14-7-6-11(15-10)8-16(9-13(17)18)12-4-2-3-5-12/h6-7,12H,2-5,8-9H2,1H3,(H,17,18). The summed E-state index contributed by atoms with van der Waals surface area (Å²) in [6.07, 6.45) is 6.31. The molecule has 0 spiro atoms. The van der Waals surface area contributed by atoms with Crippen LogP contribution in [0.1, 0.15) is 37.2 Å². The number of nitrogens with zero attached hydrogens (tertiary/aromatic N) is 3. The zero-order valence-electron chi connectivity index (χ0n) is 10.7. The van der Waals surface area contributed by atoms with Crippen LogP contribution in [0.5, 0.6) is 0 Å². The Balaban J connectivity index is 2.06. The topological polar surface area (TPSA) is 66.3 Å². The van der Waals surface area contributed by atoms with Crippen molar-refractivity contribution in [1.29, 1.82) is 0 Å². The fraction of sp³-hybridized carbons (Fsp3) is 0.615. The summed E-state index contributed by atoms with van der Waals surface area (Å²) < 4.78 is 0. The summed E-state index contributed by atoms with van der Waals surface area (Å²) in [4.78, 5) is 21.4. The number of carboxylic acids is 1. The molecule has 1 saturated carbocycles. The van der Waals surface area contributed by atoms with Crippen LogP contribution < -0.4 is 0 Å². The Hall–Kier alpha value is -1.49. The largest absolute Gasteiger partial charge is 0.480 e. The van der Waals surface area contributed by atoms with E-state index < -0.39 is 5.97 Å². The fourth-order valence-electron chi connectivity index (χ4n) is 2.56. The van der Waals surface area contributed by atoms with Crippen LogP contribution in [0.3, 0.4) is 0 Å². The fourth-order valence-corrected chi connectivity index (χ4v) is 2.56. The first-order chi connectivity index (χ1) is 8.65. The highest BCUT2D eigenvalue weighted by atomic mass is 16.4. The predicted molar refractivity (Wildman–Crippen MR) is 67.1 cm³/mol. The molecule has 1 aromatic rings. The van der Waals surface area contributed by atoms with Crippen LogP contribution in [-0.2, 0) is 11.3 Å². The third kappa shape index (κ3) is 3.50. The Morgan fingerprint density at radius 1 is 1.50 bits per heavy atom. The van der Waals surface area contributed by atoms with E-state index in [-0.39, 0.29) is 6.54 Å². The van der Waals surface area contributed by atoms with E-state index in [9.17, 15) is 4.79 Å². The van der Waals surface area contributed by atoms with Crippen molar-refractivity contribution in [3.05, 3.63) is 23.8 Å². The molecule has 1 N–H and O–H groups in total. The summed E-state index contributed by atoms with van der Waals surface area (Å²) >= 11 is 0. The lowest BCUT2D eigenvalue weighted by molar-refractivity contribution is -0.139. The van der Waals surface area contributed by atoms with Gasteiger partial charge in [-0.2, -0.15) is 0 Å². The van der Waals surface area contributed by atoms with E-state index in [1.807, 2.05) is 17.9 Å². The Labute approximate surface area is 107 Å². The van der Waals surface area contributed by atoms with E-state index in [2.05, 4.69) is 9.97 Å². The summed E-state index contributed by atoms with van der Waals surface area (Å²) in [6.45, 7) is 2.54. The predicted octanol–water partition coefficient (Wildman–Crippen LogP) is 1.61. The van der Waals surface area contributed by atoms with Crippen LogP contribution in [-0.4, -0.2) is 38.5 Å². The summed E-state index contributed by atoms with van der Waals surface area (Å²) in [5, 5.41) is 9.00. The van der Waals surface area contributed by atoms with E-state index in [4.69, 9.17) is 5.11 Å². The van der Waals surface area contributed by atoms with Crippen molar-refractivity contribution in [2.75, 3.05) is 6.54 Å². The molecule has 1 heterocycles. The van der Waals surface area contributed by atoms with Crippen LogP contribution in [0.2, 0.25) is 0 Å². The second-order valence-corrected chi connectivity index (χ2v) is 4.83. The van der Waals surface area contributed by atoms with Gasteiger partial charge in [0.1, 0.15) is 5.82 Å². The lowest BCUT2D eigenvalue weighted by atomic mass is 10.2. The van der Waals surface area contributed by atoms with E-state index in [0.717, 1.165) is 24.4 Å². The normalized spacial score (nSPS) is 16.3. The molecule has 0 unspecified atom stereocenters. The zero-order valence-corrected chi connectivity index (χ0v) is 10.7. The van der Waals surface area contributed by atoms with Gasteiger partial charge in [-0.3, -0.25) is 9.69 Å². The molecule has 0 bridgehead atoms. The van der Waals surface area contributed by atoms with Crippen LogP contribution >= 0.6 is 0 Å². The Bertz CT molecular complexity index is 416. The molecule has 18 heavy (non-hydrogen) atoms. The maximum Gasteiger partial charge on any atom is 0.317 e. The first-order valence-corrected chi connectivity index (χ1v) is 6.39. The quantitative estimate of drug-likeness (QED) is 0.858. The highest BCUT2D eigenvalue weighted by Crippen LogP contribution is 2.24. The summed E-state index contributed by atoms with van der Waals surface area (Å²) in [7, 11) is 0. The molecule has 1 aliphatic carbocycles. The van der Waals surface area contributed by atoms with E-state index in [1.54, 1.807) is 6.20 Å². The molecule has 5 nitrogen and oxygen atoms in total. The van der Waals surface area contributed by atoms with Gasteiger partial charge >= 0.3 is 5.97 Å². The Morgan fingerprint density at radius 3 is 2.83 bits per heavy atom. The van der Waals surface area contributed by atoms with E-state index in [0.29, 0.717) is 12.6 Å². The van der Waals surface area contributed by atoms with Crippen molar-refractivity contribution >= 4 is 5.97 Å². The van der Waals surface area contributed by atoms with Gasteiger partial charge in [0.25, 0.3) is 0 Å². The minimum Gasteiger partial charge on any atom is -0.480 e. The lowest BCUT2D eigenvalue weighted by Gasteiger charge is -2.26. The average Bonchev–Trinajstić information content (AvgIpc) is 2.80. The Kier molecular flexibility index (Phi) is 4.25. The summed E-state index contributed by atoms with van der Waals surface area (Å²) in [5.74, 6) is -0.0399. The van der Waals surface area contributed by atoms with Crippen LogP contribution in [0.4, 0.5) is 0 Å². The second kappa shape index (κ2) is 5.91. The highest BCUT2D eigenvalue weighted by Gasteiger charge is 2.24. The van der Waals surface area contributed by atoms with Crippen molar-refractivity contribution in [3.63, 3.8) is 0 Å². The minimum atomic E-state index is -0.771. The smallest absolute Gasteiger partial charge is 0.317 e. The van der Waals surface area contributed by atoms with Gasteiger partial charge in [0, 0.05) is 18.8 Å². The van der Waals surface area contributed by atoms with E-state index in [1.165, 1.54) is 12.8 Å². The van der Waals surface area contributed by atoms with Gasteiger partial charge in [-0.25, -0.2) is 9.97 Å². The van der Waals surface area contributed by atoms with Gasteiger partial charge in [-0.05, 0) is 25.8 Å². The van der Waals surface area contributed by atoms with Crippen LogP contribution in [0, 0.1) is 6.92 Å². The number of aryl methyl sites for hydroxylation is 1. The number of carbonyl (C=O) groups is 1. The van der Waals surface area contributed by atoms with Crippen LogP contribution in [0.15, 0.2) is 12.3 Å². The van der Waals surface area contributed by atoms with Crippen molar-refractivity contribution in [2.45, 2.75) is 45.2 Å². The van der Waals surface area contributed by atoms with Gasteiger partial charge in [0.2, 0.25) is 0 Å². The number of carboxylic acid groups (broad SMARTS) is 1.